The number of rotatable bonds is 8. The SMILES string of the molecule is CCCCC(C)(C(=O)C=C[C@@H]1[C@H]2CC(=O)O[C@H]2C[C@H]1OC(=O)c1ccccc1)C(F)(F)F. The van der Waals surface area contributed by atoms with Crippen molar-refractivity contribution in [1.29, 1.82) is 0 Å². The van der Waals surface area contributed by atoms with E-state index in [0.717, 1.165) is 13.0 Å². The minimum Gasteiger partial charge on any atom is -0.462 e. The van der Waals surface area contributed by atoms with Crippen LogP contribution in [0.3, 0.4) is 0 Å². The van der Waals surface area contributed by atoms with Gasteiger partial charge in [0.25, 0.3) is 0 Å². The molecule has 5 atom stereocenters. The van der Waals surface area contributed by atoms with Gasteiger partial charge >= 0.3 is 18.1 Å². The number of esters is 2. The average molecular weight is 452 g/mol. The third kappa shape index (κ3) is 4.89. The molecule has 1 heterocycles. The maximum Gasteiger partial charge on any atom is 0.401 e. The number of hydrogen-bond acceptors (Lipinski definition) is 5. The van der Waals surface area contributed by atoms with Gasteiger partial charge in [0, 0.05) is 18.3 Å². The number of benzene rings is 1. The van der Waals surface area contributed by atoms with E-state index in [4.69, 9.17) is 9.47 Å². The monoisotopic (exact) mass is 452 g/mol. The van der Waals surface area contributed by atoms with Crippen LogP contribution in [-0.2, 0) is 19.1 Å². The van der Waals surface area contributed by atoms with Gasteiger partial charge in [0.15, 0.2) is 5.78 Å². The molecule has 0 aromatic heterocycles. The summed E-state index contributed by atoms with van der Waals surface area (Å²) in [5.41, 5.74) is -2.15. The van der Waals surface area contributed by atoms with E-state index in [1.807, 2.05) is 0 Å². The summed E-state index contributed by atoms with van der Waals surface area (Å²) >= 11 is 0. The van der Waals surface area contributed by atoms with Gasteiger partial charge in [0.05, 0.1) is 12.0 Å². The second-order valence-corrected chi connectivity index (χ2v) is 8.68. The van der Waals surface area contributed by atoms with Gasteiger partial charge in [0.1, 0.15) is 17.6 Å². The molecule has 1 aromatic carbocycles. The van der Waals surface area contributed by atoms with E-state index in [1.165, 1.54) is 6.08 Å². The number of unbranched alkanes of at least 4 members (excludes halogenated alkanes) is 1. The summed E-state index contributed by atoms with van der Waals surface area (Å²) in [6.07, 6.45) is -2.76. The first-order valence-electron chi connectivity index (χ1n) is 10.8. The maximum absolute atomic E-state index is 13.7. The second-order valence-electron chi connectivity index (χ2n) is 8.68. The fourth-order valence-corrected chi connectivity index (χ4v) is 4.39. The predicted octanol–water partition coefficient (Wildman–Crippen LogP) is 5.05. The first kappa shape index (κ1) is 24.0. The predicted molar refractivity (Wildman–Crippen MR) is 110 cm³/mol. The van der Waals surface area contributed by atoms with Crippen molar-refractivity contribution in [2.75, 3.05) is 0 Å². The Hall–Kier alpha value is -2.64. The normalized spacial score (nSPS) is 27.1. The van der Waals surface area contributed by atoms with Crippen LogP contribution in [0.15, 0.2) is 42.5 Å². The number of allylic oxidation sites excluding steroid dienone is 1. The molecule has 1 saturated carbocycles. The minimum absolute atomic E-state index is 0.0691. The molecule has 5 nitrogen and oxygen atoms in total. The molecular weight excluding hydrogens is 425 g/mol. The summed E-state index contributed by atoms with van der Waals surface area (Å²) in [6.45, 7) is 2.68. The number of hydrogen-bond donors (Lipinski definition) is 0. The van der Waals surface area contributed by atoms with E-state index in [-0.39, 0.29) is 31.6 Å². The Balaban J connectivity index is 1.81. The Morgan fingerprint density at radius 2 is 1.91 bits per heavy atom. The smallest absolute Gasteiger partial charge is 0.401 e. The van der Waals surface area contributed by atoms with E-state index in [1.54, 1.807) is 37.3 Å². The zero-order valence-electron chi connectivity index (χ0n) is 18.1. The Labute approximate surface area is 185 Å². The van der Waals surface area contributed by atoms with E-state index in [0.29, 0.717) is 12.0 Å². The first-order chi connectivity index (χ1) is 15.1. The van der Waals surface area contributed by atoms with Crippen LogP contribution in [0.4, 0.5) is 13.2 Å². The number of ether oxygens (including phenoxy) is 2. The van der Waals surface area contributed by atoms with Crippen molar-refractivity contribution in [2.24, 2.45) is 17.3 Å². The Morgan fingerprint density at radius 1 is 1.22 bits per heavy atom. The number of fused-ring (bicyclic) bond motifs is 1. The lowest BCUT2D eigenvalue weighted by molar-refractivity contribution is -0.215. The number of alkyl halides is 3. The van der Waals surface area contributed by atoms with Crippen molar-refractivity contribution < 1.29 is 37.0 Å². The first-order valence-corrected chi connectivity index (χ1v) is 10.8. The summed E-state index contributed by atoms with van der Waals surface area (Å²) in [7, 11) is 0. The van der Waals surface area contributed by atoms with Crippen LogP contribution in [0.1, 0.15) is 56.3 Å². The Kier molecular flexibility index (Phi) is 7.10. The van der Waals surface area contributed by atoms with Gasteiger partial charge in [-0.25, -0.2) is 4.79 Å². The standard InChI is InChI=1S/C24H27F3O5/c1-3-4-12-23(2,24(25,26)27)20(28)11-10-16-17-13-21(29)31-19(17)14-18(16)32-22(30)15-8-6-5-7-9-15/h5-11,16-19H,3-4,12-14H2,1-2H3/t16-,17-,18-,19+,23?/m1/s1. The van der Waals surface area contributed by atoms with Crippen molar-refractivity contribution >= 4 is 17.7 Å². The fourth-order valence-electron chi connectivity index (χ4n) is 4.39. The molecule has 1 saturated heterocycles. The van der Waals surface area contributed by atoms with Crippen LogP contribution in [0, 0.1) is 17.3 Å². The molecular formula is C24H27F3O5. The highest BCUT2D eigenvalue weighted by molar-refractivity contribution is 5.95. The van der Waals surface area contributed by atoms with Crippen LogP contribution in [0.2, 0.25) is 0 Å². The van der Waals surface area contributed by atoms with Crippen LogP contribution in [0.5, 0.6) is 0 Å². The second kappa shape index (κ2) is 9.46. The lowest BCUT2D eigenvalue weighted by Crippen LogP contribution is -2.41. The molecule has 2 aliphatic rings. The molecule has 8 heteroatoms. The zero-order valence-corrected chi connectivity index (χ0v) is 18.1. The van der Waals surface area contributed by atoms with Crippen molar-refractivity contribution in [2.45, 2.75) is 64.3 Å². The lowest BCUT2D eigenvalue weighted by Gasteiger charge is -2.29. The van der Waals surface area contributed by atoms with E-state index in [2.05, 4.69) is 0 Å². The summed E-state index contributed by atoms with van der Waals surface area (Å²) < 4.78 is 52.0. The van der Waals surface area contributed by atoms with Gasteiger partial charge < -0.3 is 9.47 Å². The van der Waals surface area contributed by atoms with Crippen molar-refractivity contribution in [3.63, 3.8) is 0 Å². The molecule has 32 heavy (non-hydrogen) atoms. The largest absolute Gasteiger partial charge is 0.462 e. The molecule has 1 aromatic rings. The molecule has 0 bridgehead atoms. The topological polar surface area (TPSA) is 69.7 Å². The summed E-state index contributed by atoms with van der Waals surface area (Å²) in [4.78, 5) is 36.9. The zero-order chi connectivity index (χ0) is 23.5. The number of carbonyl (C=O) groups excluding carboxylic acids is 3. The highest BCUT2D eigenvalue weighted by Crippen LogP contribution is 2.46. The van der Waals surface area contributed by atoms with E-state index >= 15 is 0 Å². The number of ketones is 1. The van der Waals surface area contributed by atoms with Gasteiger partial charge in [-0.2, -0.15) is 13.2 Å². The molecule has 3 rings (SSSR count). The third-order valence-corrected chi connectivity index (χ3v) is 6.49. The van der Waals surface area contributed by atoms with Crippen molar-refractivity contribution in [3.8, 4) is 0 Å². The summed E-state index contributed by atoms with van der Waals surface area (Å²) in [6, 6.07) is 8.31. The molecule has 174 valence electrons. The third-order valence-electron chi connectivity index (χ3n) is 6.49. The molecule has 1 aliphatic carbocycles. The van der Waals surface area contributed by atoms with Gasteiger partial charge in [-0.15, -0.1) is 0 Å². The van der Waals surface area contributed by atoms with Gasteiger partial charge in [0.2, 0.25) is 0 Å². The fraction of sp³-hybridized carbons (Fsp3) is 0.542. The van der Waals surface area contributed by atoms with Crippen LogP contribution in [-0.4, -0.2) is 36.1 Å². The van der Waals surface area contributed by atoms with Gasteiger partial charge in [-0.1, -0.05) is 44.0 Å². The molecule has 0 N–H and O–H groups in total. The molecule has 0 radical (unpaired) electrons. The molecule has 1 aliphatic heterocycles. The highest BCUT2D eigenvalue weighted by Gasteiger charge is 2.55. The average Bonchev–Trinajstić information content (AvgIpc) is 3.25. The highest BCUT2D eigenvalue weighted by atomic mass is 19.4. The van der Waals surface area contributed by atoms with Crippen LogP contribution in [0.25, 0.3) is 0 Å². The Bertz CT molecular complexity index is 879. The van der Waals surface area contributed by atoms with E-state index in [9.17, 15) is 27.6 Å². The van der Waals surface area contributed by atoms with Gasteiger partial charge in [-0.05, 0) is 31.6 Å². The van der Waals surface area contributed by atoms with E-state index < -0.39 is 47.4 Å². The number of halogens is 3. The molecule has 2 fully saturated rings. The molecule has 1 unspecified atom stereocenters. The minimum atomic E-state index is -4.69. The van der Waals surface area contributed by atoms with Crippen molar-refractivity contribution in [1.82, 2.24) is 0 Å². The summed E-state index contributed by atoms with van der Waals surface area (Å²) in [5, 5.41) is 0. The molecule has 0 spiro atoms. The van der Waals surface area contributed by atoms with Crippen LogP contribution >= 0.6 is 0 Å². The van der Waals surface area contributed by atoms with Crippen molar-refractivity contribution in [3.05, 3.63) is 48.0 Å². The van der Waals surface area contributed by atoms with Gasteiger partial charge in [-0.3, -0.25) is 9.59 Å². The maximum atomic E-state index is 13.7. The molecule has 0 amide bonds. The quantitative estimate of drug-likeness (QED) is 0.408. The summed E-state index contributed by atoms with van der Waals surface area (Å²) in [5.74, 6) is -2.96. The number of carbonyl (C=O) groups is 3. The van der Waals surface area contributed by atoms with Crippen LogP contribution < -0.4 is 0 Å². The Morgan fingerprint density at radius 3 is 2.53 bits per heavy atom. The lowest BCUT2D eigenvalue weighted by atomic mass is 9.79.